The van der Waals surface area contributed by atoms with Crippen molar-refractivity contribution in [3.63, 3.8) is 0 Å². The van der Waals surface area contributed by atoms with E-state index in [9.17, 15) is 0 Å². The molecule has 0 saturated heterocycles. The molecule has 0 amide bonds. The molecule has 1 unspecified atom stereocenters. The monoisotopic (exact) mass is 218 g/mol. The summed E-state index contributed by atoms with van der Waals surface area (Å²) in [5.74, 6) is 1.40. The van der Waals surface area contributed by atoms with Gasteiger partial charge in [-0.25, -0.2) is 0 Å². The highest BCUT2D eigenvalue weighted by atomic mass is 15.2. The Kier molecular flexibility index (Phi) is 2.92. The minimum atomic E-state index is 0.133. The van der Waals surface area contributed by atoms with E-state index in [-0.39, 0.29) is 6.04 Å². The normalized spacial score (nSPS) is 13.6. The lowest BCUT2D eigenvalue weighted by Crippen LogP contribution is -2.29. The number of pyridine rings is 1. The van der Waals surface area contributed by atoms with Gasteiger partial charge in [0.2, 0.25) is 0 Å². The Labute approximate surface area is 95.5 Å². The smallest absolute Gasteiger partial charge is 0.161 e. The summed E-state index contributed by atoms with van der Waals surface area (Å²) in [4.78, 5) is 0. The third kappa shape index (κ3) is 2.07. The fourth-order valence-electron chi connectivity index (χ4n) is 1.63. The van der Waals surface area contributed by atoms with Gasteiger partial charge in [0.05, 0.1) is 0 Å². The van der Waals surface area contributed by atoms with Crippen LogP contribution in [-0.4, -0.2) is 20.6 Å². The molecule has 0 bridgehead atoms. The van der Waals surface area contributed by atoms with Crippen molar-refractivity contribution in [2.75, 3.05) is 0 Å². The van der Waals surface area contributed by atoms with Crippen LogP contribution in [0.5, 0.6) is 0 Å². The average molecular weight is 218 g/mol. The minimum absolute atomic E-state index is 0.133. The molecule has 0 spiro atoms. The lowest BCUT2D eigenvalue weighted by molar-refractivity contribution is 0.480. The summed E-state index contributed by atoms with van der Waals surface area (Å²) in [6.07, 6.45) is 2.77. The van der Waals surface area contributed by atoms with Crippen LogP contribution in [0.2, 0.25) is 0 Å². The lowest BCUT2D eigenvalue weighted by Gasteiger charge is -2.13. The fourth-order valence-corrected chi connectivity index (χ4v) is 1.63. The lowest BCUT2D eigenvalue weighted by atomic mass is 10.0. The van der Waals surface area contributed by atoms with Crippen LogP contribution in [0.4, 0.5) is 0 Å². The number of rotatable bonds is 3. The Morgan fingerprint density at radius 1 is 1.38 bits per heavy atom. The van der Waals surface area contributed by atoms with Gasteiger partial charge in [-0.3, -0.25) is 4.40 Å². The maximum atomic E-state index is 6.05. The molecule has 0 aliphatic carbocycles. The molecule has 0 aliphatic rings. The van der Waals surface area contributed by atoms with Crippen LogP contribution in [0.1, 0.15) is 25.2 Å². The van der Waals surface area contributed by atoms with E-state index < -0.39 is 0 Å². The van der Waals surface area contributed by atoms with Crippen LogP contribution in [0.25, 0.3) is 5.65 Å². The number of hydrogen-bond acceptors (Lipinski definition) is 3. The van der Waals surface area contributed by atoms with Crippen molar-refractivity contribution in [1.82, 2.24) is 14.6 Å². The van der Waals surface area contributed by atoms with E-state index in [1.165, 1.54) is 5.56 Å². The quantitative estimate of drug-likeness (QED) is 0.850. The highest BCUT2D eigenvalue weighted by molar-refractivity contribution is 5.40. The predicted molar refractivity (Wildman–Crippen MR) is 64.2 cm³/mol. The van der Waals surface area contributed by atoms with Gasteiger partial charge in [-0.15, -0.1) is 10.2 Å². The molecule has 4 heteroatoms. The Bertz CT molecular complexity index is 487. The Hall–Kier alpha value is -1.42. The molecule has 4 nitrogen and oxygen atoms in total. The Morgan fingerprint density at radius 3 is 2.81 bits per heavy atom. The second-order valence-corrected chi connectivity index (χ2v) is 4.66. The van der Waals surface area contributed by atoms with Crippen LogP contribution in [0.15, 0.2) is 18.3 Å². The SMILES string of the molecule is Cc1ccn2c(CC(N)C(C)C)nnc2c1. The molecule has 0 aliphatic heterocycles. The highest BCUT2D eigenvalue weighted by Crippen LogP contribution is 2.10. The first-order valence-corrected chi connectivity index (χ1v) is 5.64. The van der Waals surface area contributed by atoms with E-state index in [2.05, 4.69) is 30.1 Å². The first-order valence-electron chi connectivity index (χ1n) is 5.64. The van der Waals surface area contributed by atoms with E-state index in [0.717, 1.165) is 17.9 Å². The molecule has 1 atom stereocenters. The van der Waals surface area contributed by atoms with Gasteiger partial charge in [0.15, 0.2) is 5.65 Å². The molecular weight excluding hydrogens is 200 g/mol. The fraction of sp³-hybridized carbons (Fsp3) is 0.500. The van der Waals surface area contributed by atoms with Gasteiger partial charge in [-0.05, 0) is 30.5 Å². The van der Waals surface area contributed by atoms with Crippen molar-refractivity contribution in [1.29, 1.82) is 0 Å². The van der Waals surface area contributed by atoms with Crippen molar-refractivity contribution < 1.29 is 0 Å². The summed E-state index contributed by atoms with van der Waals surface area (Å²) >= 11 is 0. The zero-order valence-corrected chi connectivity index (χ0v) is 10.0. The second-order valence-electron chi connectivity index (χ2n) is 4.66. The van der Waals surface area contributed by atoms with Crippen molar-refractivity contribution in [3.05, 3.63) is 29.7 Å². The molecule has 2 heterocycles. The molecule has 0 saturated carbocycles. The second kappa shape index (κ2) is 4.22. The molecule has 2 rings (SSSR count). The molecule has 86 valence electrons. The molecule has 0 fully saturated rings. The molecule has 2 aromatic heterocycles. The molecule has 2 N–H and O–H groups in total. The van der Waals surface area contributed by atoms with Gasteiger partial charge in [-0.2, -0.15) is 0 Å². The van der Waals surface area contributed by atoms with Crippen LogP contribution in [-0.2, 0) is 6.42 Å². The van der Waals surface area contributed by atoms with Gasteiger partial charge in [0, 0.05) is 18.7 Å². The molecule has 16 heavy (non-hydrogen) atoms. The van der Waals surface area contributed by atoms with Gasteiger partial charge in [-0.1, -0.05) is 13.8 Å². The van der Waals surface area contributed by atoms with Crippen LogP contribution >= 0.6 is 0 Å². The van der Waals surface area contributed by atoms with E-state index in [1.807, 2.05) is 23.6 Å². The Balaban J connectivity index is 2.32. The molecule has 0 aromatic carbocycles. The van der Waals surface area contributed by atoms with Crippen molar-refractivity contribution in [2.24, 2.45) is 11.7 Å². The van der Waals surface area contributed by atoms with Crippen molar-refractivity contribution >= 4 is 5.65 Å². The summed E-state index contributed by atoms with van der Waals surface area (Å²) < 4.78 is 2.01. The first kappa shape index (κ1) is 11.1. The number of fused-ring (bicyclic) bond motifs is 1. The van der Waals surface area contributed by atoms with Crippen molar-refractivity contribution in [2.45, 2.75) is 33.2 Å². The third-order valence-corrected chi connectivity index (χ3v) is 2.91. The summed E-state index contributed by atoms with van der Waals surface area (Å²) in [7, 11) is 0. The summed E-state index contributed by atoms with van der Waals surface area (Å²) in [6.45, 7) is 6.30. The Morgan fingerprint density at radius 2 is 2.12 bits per heavy atom. The largest absolute Gasteiger partial charge is 0.327 e. The molecular formula is C12H18N4. The number of hydrogen-bond donors (Lipinski definition) is 1. The highest BCUT2D eigenvalue weighted by Gasteiger charge is 2.13. The van der Waals surface area contributed by atoms with E-state index in [0.29, 0.717) is 5.92 Å². The van der Waals surface area contributed by atoms with E-state index in [4.69, 9.17) is 5.73 Å². The zero-order chi connectivity index (χ0) is 11.7. The van der Waals surface area contributed by atoms with Gasteiger partial charge in [0.1, 0.15) is 5.82 Å². The van der Waals surface area contributed by atoms with Crippen LogP contribution in [0.3, 0.4) is 0 Å². The summed E-state index contributed by atoms with van der Waals surface area (Å²) in [5, 5.41) is 8.34. The minimum Gasteiger partial charge on any atom is -0.327 e. The number of nitrogens with zero attached hydrogens (tertiary/aromatic N) is 3. The number of nitrogens with two attached hydrogens (primary N) is 1. The van der Waals surface area contributed by atoms with E-state index >= 15 is 0 Å². The predicted octanol–water partition coefficient (Wildman–Crippen LogP) is 1.56. The third-order valence-electron chi connectivity index (χ3n) is 2.91. The first-order chi connectivity index (χ1) is 7.58. The zero-order valence-electron chi connectivity index (χ0n) is 10.0. The van der Waals surface area contributed by atoms with Crippen LogP contribution in [0, 0.1) is 12.8 Å². The topological polar surface area (TPSA) is 56.2 Å². The van der Waals surface area contributed by atoms with Gasteiger partial charge < -0.3 is 5.73 Å². The van der Waals surface area contributed by atoms with E-state index in [1.54, 1.807) is 0 Å². The molecule has 2 aromatic rings. The average Bonchev–Trinajstić information content (AvgIpc) is 2.60. The number of aromatic nitrogens is 3. The molecule has 0 radical (unpaired) electrons. The maximum absolute atomic E-state index is 6.05. The number of aryl methyl sites for hydroxylation is 1. The summed E-state index contributed by atoms with van der Waals surface area (Å²) in [6, 6.07) is 4.21. The summed E-state index contributed by atoms with van der Waals surface area (Å²) in [5.41, 5.74) is 8.14. The van der Waals surface area contributed by atoms with Crippen LogP contribution < -0.4 is 5.73 Å². The standard InChI is InChI=1S/C12H18N4/c1-8(2)10(13)7-12-15-14-11-6-9(3)4-5-16(11)12/h4-6,8,10H,7,13H2,1-3H3. The van der Waals surface area contributed by atoms with Gasteiger partial charge >= 0.3 is 0 Å². The van der Waals surface area contributed by atoms with Gasteiger partial charge in [0.25, 0.3) is 0 Å². The van der Waals surface area contributed by atoms with Crippen molar-refractivity contribution in [3.8, 4) is 0 Å². The maximum Gasteiger partial charge on any atom is 0.161 e.